The Balaban J connectivity index is 2.34. The molecule has 90 valence electrons. The molecule has 1 aromatic heterocycles. The van der Waals surface area contributed by atoms with Crippen molar-refractivity contribution < 1.29 is 4.79 Å². The van der Waals surface area contributed by atoms with Crippen molar-refractivity contribution in [2.45, 2.75) is 13.0 Å². The summed E-state index contributed by atoms with van der Waals surface area (Å²) in [6.07, 6.45) is 2.16. The van der Waals surface area contributed by atoms with Crippen molar-refractivity contribution in [2.75, 3.05) is 26.4 Å². The number of nitrogens with zero attached hydrogens (tertiary/aromatic N) is 3. The number of amides is 1. The van der Waals surface area contributed by atoms with Crippen molar-refractivity contribution in [3.05, 3.63) is 11.8 Å². The van der Waals surface area contributed by atoms with E-state index in [2.05, 4.69) is 10.4 Å². The quantitative estimate of drug-likeness (QED) is 0.713. The first-order chi connectivity index (χ1) is 7.50. The number of aromatic nitrogens is 2. The van der Waals surface area contributed by atoms with E-state index in [1.54, 1.807) is 17.9 Å². The Kier molecular flexibility index (Phi) is 4.30. The second-order valence-corrected chi connectivity index (χ2v) is 4.01. The largest absolute Gasteiger partial charge is 0.384 e. The number of nitrogen functional groups attached to an aromatic ring is 1. The molecule has 6 heteroatoms. The summed E-state index contributed by atoms with van der Waals surface area (Å²) in [5, 5.41) is 6.81. The number of hydrogen-bond acceptors (Lipinski definition) is 4. The first kappa shape index (κ1) is 12.5. The second-order valence-electron chi connectivity index (χ2n) is 4.01. The lowest BCUT2D eigenvalue weighted by atomic mass is 10.3. The Hall–Kier alpha value is -1.56. The summed E-state index contributed by atoms with van der Waals surface area (Å²) < 4.78 is 1.58. The predicted molar refractivity (Wildman–Crippen MR) is 62.6 cm³/mol. The van der Waals surface area contributed by atoms with E-state index in [-0.39, 0.29) is 5.91 Å². The van der Waals surface area contributed by atoms with Gasteiger partial charge in [-0.25, -0.2) is 0 Å². The van der Waals surface area contributed by atoms with Gasteiger partial charge < -0.3 is 16.0 Å². The van der Waals surface area contributed by atoms with Gasteiger partial charge >= 0.3 is 0 Å². The number of nitrogens with two attached hydrogens (primary N) is 1. The van der Waals surface area contributed by atoms with Crippen LogP contribution in [0.15, 0.2) is 6.20 Å². The topological polar surface area (TPSA) is 76.2 Å². The van der Waals surface area contributed by atoms with E-state index in [1.807, 2.05) is 19.0 Å². The Bertz CT molecular complexity index is 358. The SMILES string of the molecule is CN(C)CCC(=O)NCc1cnn(C)c1N. The maximum absolute atomic E-state index is 11.4. The summed E-state index contributed by atoms with van der Waals surface area (Å²) in [6, 6.07) is 0. The zero-order valence-electron chi connectivity index (χ0n) is 10.0. The smallest absolute Gasteiger partial charge is 0.221 e. The maximum Gasteiger partial charge on any atom is 0.221 e. The Morgan fingerprint density at radius 1 is 1.62 bits per heavy atom. The van der Waals surface area contributed by atoms with E-state index in [0.29, 0.717) is 18.8 Å². The van der Waals surface area contributed by atoms with Gasteiger partial charge in [-0.3, -0.25) is 9.48 Å². The van der Waals surface area contributed by atoms with E-state index >= 15 is 0 Å². The van der Waals surface area contributed by atoms with Gasteiger partial charge in [0.2, 0.25) is 5.91 Å². The highest BCUT2D eigenvalue weighted by Gasteiger charge is 2.06. The average Bonchev–Trinajstić information content (AvgIpc) is 2.54. The third-order valence-electron chi connectivity index (χ3n) is 2.33. The van der Waals surface area contributed by atoms with Crippen molar-refractivity contribution in [3.8, 4) is 0 Å². The molecule has 0 aliphatic rings. The number of carbonyl (C=O) groups is 1. The molecule has 1 amide bonds. The van der Waals surface area contributed by atoms with Crippen LogP contribution in [0.2, 0.25) is 0 Å². The molecule has 1 rings (SSSR count). The van der Waals surface area contributed by atoms with Crippen LogP contribution in [0.3, 0.4) is 0 Å². The molecule has 0 atom stereocenters. The van der Waals surface area contributed by atoms with E-state index < -0.39 is 0 Å². The van der Waals surface area contributed by atoms with Crippen LogP contribution in [0.1, 0.15) is 12.0 Å². The molecule has 0 aliphatic carbocycles. The summed E-state index contributed by atoms with van der Waals surface area (Å²) in [5.74, 6) is 0.616. The number of carbonyl (C=O) groups excluding carboxylic acids is 1. The minimum atomic E-state index is 0.0250. The van der Waals surface area contributed by atoms with Crippen molar-refractivity contribution >= 4 is 11.7 Å². The fourth-order valence-corrected chi connectivity index (χ4v) is 1.24. The van der Waals surface area contributed by atoms with Crippen molar-refractivity contribution in [1.82, 2.24) is 20.0 Å². The standard InChI is InChI=1S/C10H19N5O/c1-14(2)5-4-9(16)12-6-8-7-13-15(3)10(8)11/h7H,4-6,11H2,1-3H3,(H,12,16). The van der Waals surface area contributed by atoms with Crippen LogP contribution >= 0.6 is 0 Å². The lowest BCUT2D eigenvalue weighted by Crippen LogP contribution is -2.27. The van der Waals surface area contributed by atoms with Crippen LogP contribution < -0.4 is 11.1 Å². The van der Waals surface area contributed by atoms with Crippen LogP contribution in [0.25, 0.3) is 0 Å². The van der Waals surface area contributed by atoms with Gasteiger partial charge in [-0.15, -0.1) is 0 Å². The van der Waals surface area contributed by atoms with Gasteiger partial charge in [0, 0.05) is 32.1 Å². The first-order valence-electron chi connectivity index (χ1n) is 5.18. The minimum absolute atomic E-state index is 0.0250. The van der Waals surface area contributed by atoms with Crippen LogP contribution in [-0.2, 0) is 18.4 Å². The molecule has 0 radical (unpaired) electrons. The molecule has 0 aliphatic heterocycles. The summed E-state index contributed by atoms with van der Waals surface area (Å²) in [7, 11) is 5.64. The van der Waals surface area contributed by atoms with Gasteiger partial charge in [-0.1, -0.05) is 0 Å². The molecule has 1 aromatic rings. The Morgan fingerprint density at radius 2 is 2.31 bits per heavy atom. The maximum atomic E-state index is 11.4. The normalized spacial score (nSPS) is 10.8. The highest BCUT2D eigenvalue weighted by Crippen LogP contribution is 2.08. The van der Waals surface area contributed by atoms with E-state index in [0.717, 1.165) is 12.1 Å². The highest BCUT2D eigenvalue weighted by atomic mass is 16.1. The number of rotatable bonds is 5. The number of aryl methyl sites for hydroxylation is 1. The fourth-order valence-electron chi connectivity index (χ4n) is 1.24. The Labute approximate surface area is 95.4 Å². The van der Waals surface area contributed by atoms with Gasteiger partial charge in [0.05, 0.1) is 6.20 Å². The van der Waals surface area contributed by atoms with Crippen LogP contribution in [0.5, 0.6) is 0 Å². The average molecular weight is 225 g/mol. The minimum Gasteiger partial charge on any atom is -0.384 e. The summed E-state index contributed by atoms with van der Waals surface area (Å²) in [5.41, 5.74) is 6.60. The summed E-state index contributed by atoms with van der Waals surface area (Å²) in [4.78, 5) is 13.4. The van der Waals surface area contributed by atoms with Gasteiger partial charge in [-0.2, -0.15) is 5.10 Å². The molecule has 0 aromatic carbocycles. The molecular formula is C10H19N5O. The lowest BCUT2D eigenvalue weighted by Gasteiger charge is -2.09. The molecular weight excluding hydrogens is 206 g/mol. The van der Waals surface area contributed by atoms with Gasteiger partial charge in [-0.05, 0) is 14.1 Å². The van der Waals surface area contributed by atoms with Crippen LogP contribution in [0, 0.1) is 0 Å². The van der Waals surface area contributed by atoms with Gasteiger partial charge in [0.1, 0.15) is 5.82 Å². The summed E-state index contributed by atoms with van der Waals surface area (Å²) >= 11 is 0. The van der Waals surface area contributed by atoms with Crippen molar-refractivity contribution in [2.24, 2.45) is 7.05 Å². The molecule has 16 heavy (non-hydrogen) atoms. The molecule has 1 heterocycles. The van der Waals surface area contributed by atoms with Gasteiger partial charge in [0.15, 0.2) is 0 Å². The second kappa shape index (κ2) is 5.50. The number of anilines is 1. The van der Waals surface area contributed by atoms with Crippen LogP contribution in [0.4, 0.5) is 5.82 Å². The van der Waals surface area contributed by atoms with E-state index in [4.69, 9.17) is 5.73 Å². The molecule has 6 nitrogen and oxygen atoms in total. The highest BCUT2D eigenvalue weighted by molar-refractivity contribution is 5.76. The van der Waals surface area contributed by atoms with Gasteiger partial charge in [0.25, 0.3) is 0 Å². The van der Waals surface area contributed by atoms with E-state index in [9.17, 15) is 4.79 Å². The van der Waals surface area contributed by atoms with Crippen molar-refractivity contribution in [1.29, 1.82) is 0 Å². The monoisotopic (exact) mass is 225 g/mol. The summed E-state index contributed by atoms with van der Waals surface area (Å²) in [6.45, 7) is 1.18. The van der Waals surface area contributed by atoms with Crippen LogP contribution in [-0.4, -0.2) is 41.2 Å². The lowest BCUT2D eigenvalue weighted by molar-refractivity contribution is -0.121. The fraction of sp³-hybridized carbons (Fsp3) is 0.600. The molecule has 0 bridgehead atoms. The Morgan fingerprint density at radius 3 is 2.81 bits per heavy atom. The predicted octanol–water partition coefficient (Wildman–Crippen LogP) is -0.430. The van der Waals surface area contributed by atoms with Crippen molar-refractivity contribution in [3.63, 3.8) is 0 Å². The molecule has 0 saturated heterocycles. The number of nitrogens with one attached hydrogen (secondary N) is 1. The third kappa shape index (κ3) is 3.54. The molecule has 0 spiro atoms. The zero-order valence-corrected chi connectivity index (χ0v) is 10.0. The molecule has 0 saturated carbocycles. The first-order valence-corrected chi connectivity index (χ1v) is 5.18. The number of hydrogen-bond donors (Lipinski definition) is 2. The zero-order chi connectivity index (χ0) is 12.1. The molecule has 0 fully saturated rings. The third-order valence-corrected chi connectivity index (χ3v) is 2.33. The molecule has 0 unspecified atom stereocenters. The van der Waals surface area contributed by atoms with E-state index in [1.165, 1.54) is 0 Å². The molecule has 3 N–H and O–H groups in total.